The van der Waals surface area contributed by atoms with E-state index in [0.717, 1.165) is 10.2 Å². The minimum absolute atomic E-state index is 0.0859. The van der Waals surface area contributed by atoms with Crippen molar-refractivity contribution < 1.29 is 8.42 Å². The second-order valence-electron chi connectivity index (χ2n) is 3.77. The van der Waals surface area contributed by atoms with Crippen LogP contribution in [-0.2, 0) is 9.84 Å². The van der Waals surface area contributed by atoms with E-state index in [2.05, 4.69) is 15.3 Å². The minimum Gasteiger partial charge on any atom is -0.362 e. The lowest BCUT2D eigenvalue weighted by Crippen LogP contribution is -2.21. The highest BCUT2D eigenvalue weighted by Crippen LogP contribution is 2.25. The number of rotatable bonds is 2. The number of hydrogen-bond donors (Lipinski definition) is 1. The van der Waals surface area contributed by atoms with Crippen LogP contribution in [0.2, 0.25) is 0 Å². The topological polar surface area (TPSA) is 72.0 Å². The summed E-state index contributed by atoms with van der Waals surface area (Å²) in [5.41, 5.74) is 0. The van der Waals surface area contributed by atoms with E-state index in [4.69, 9.17) is 0 Å². The van der Waals surface area contributed by atoms with Gasteiger partial charge < -0.3 is 5.32 Å². The van der Waals surface area contributed by atoms with Crippen molar-refractivity contribution in [3.05, 3.63) is 29.3 Å². The molecule has 17 heavy (non-hydrogen) atoms. The number of fused-ring (bicyclic) bond motifs is 1. The van der Waals surface area contributed by atoms with Crippen molar-refractivity contribution in [2.24, 2.45) is 0 Å². The summed E-state index contributed by atoms with van der Waals surface area (Å²) in [5.74, 6) is 0.769. The van der Waals surface area contributed by atoms with E-state index in [-0.39, 0.29) is 11.8 Å². The van der Waals surface area contributed by atoms with E-state index >= 15 is 0 Å². The highest BCUT2D eigenvalue weighted by molar-refractivity contribution is 7.94. The molecule has 2 aromatic rings. The number of aromatic nitrogens is 2. The number of nitrogens with zero attached hydrogens (tertiary/aromatic N) is 2. The zero-order chi connectivity index (χ0) is 11.9. The van der Waals surface area contributed by atoms with Gasteiger partial charge in [0, 0.05) is 5.41 Å². The molecule has 5 nitrogen and oxygen atoms in total. The maximum Gasteiger partial charge on any atom is 0.173 e. The summed E-state index contributed by atoms with van der Waals surface area (Å²) < 4.78 is 22.6. The molecule has 88 valence electrons. The maximum atomic E-state index is 11.3. The first-order valence-corrected chi connectivity index (χ1v) is 7.59. The summed E-state index contributed by atoms with van der Waals surface area (Å²) >= 11 is 1.53. The number of hydrogen-bond acceptors (Lipinski definition) is 6. The predicted octanol–water partition coefficient (Wildman–Crippen LogP) is 1.41. The Hall–Kier alpha value is -1.47. The molecule has 0 aromatic carbocycles. The van der Waals surface area contributed by atoms with Crippen molar-refractivity contribution in [2.75, 3.05) is 11.1 Å². The van der Waals surface area contributed by atoms with Gasteiger partial charge in [0.25, 0.3) is 0 Å². The van der Waals surface area contributed by atoms with Gasteiger partial charge in [0.15, 0.2) is 9.84 Å². The second-order valence-corrected chi connectivity index (χ2v) is 6.60. The fourth-order valence-electron chi connectivity index (χ4n) is 1.75. The van der Waals surface area contributed by atoms with Crippen molar-refractivity contribution in [3.63, 3.8) is 0 Å². The number of anilines is 1. The average molecular weight is 267 g/mol. The fourth-order valence-corrected chi connectivity index (χ4v) is 3.71. The molecule has 1 aliphatic rings. The third kappa shape index (κ3) is 2.03. The summed E-state index contributed by atoms with van der Waals surface area (Å²) in [6, 6.07) is 1.72. The zero-order valence-corrected chi connectivity index (χ0v) is 10.3. The van der Waals surface area contributed by atoms with E-state index < -0.39 is 9.84 Å². The molecular formula is C10H9N3O2S2. The third-order valence-corrected chi connectivity index (χ3v) is 4.73. The van der Waals surface area contributed by atoms with Crippen LogP contribution in [-0.4, -0.2) is 30.2 Å². The Morgan fingerprint density at radius 2 is 2.29 bits per heavy atom. The summed E-state index contributed by atoms with van der Waals surface area (Å²) in [6.07, 6.45) is 3.13. The molecule has 0 amide bonds. The molecule has 1 aliphatic heterocycles. The van der Waals surface area contributed by atoms with Crippen LogP contribution < -0.4 is 5.32 Å². The largest absolute Gasteiger partial charge is 0.362 e. The molecule has 7 heteroatoms. The molecule has 1 unspecified atom stereocenters. The van der Waals surface area contributed by atoms with E-state index in [1.807, 2.05) is 11.4 Å². The van der Waals surface area contributed by atoms with Crippen LogP contribution >= 0.6 is 11.3 Å². The Labute approximate surface area is 102 Å². The van der Waals surface area contributed by atoms with Crippen molar-refractivity contribution in [2.45, 2.75) is 6.04 Å². The molecule has 0 bridgehead atoms. The van der Waals surface area contributed by atoms with Gasteiger partial charge in [-0.2, -0.15) is 0 Å². The summed E-state index contributed by atoms with van der Waals surface area (Å²) in [6.45, 7) is 0. The maximum absolute atomic E-state index is 11.3. The summed E-state index contributed by atoms with van der Waals surface area (Å²) in [4.78, 5) is 9.18. The van der Waals surface area contributed by atoms with Crippen LogP contribution in [0.15, 0.2) is 29.3 Å². The Morgan fingerprint density at radius 3 is 3.06 bits per heavy atom. The monoisotopic (exact) mass is 267 g/mol. The molecule has 0 fully saturated rings. The zero-order valence-electron chi connectivity index (χ0n) is 8.70. The van der Waals surface area contributed by atoms with Gasteiger partial charge >= 0.3 is 0 Å². The molecule has 0 spiro atoms. The first kappa shape index (κ1) is 10.7. The fraction of sp³-hybridized carbons (Fsp3) is 0.200. The normalized spacial score (nSPS) is 22.0. The van der Waals surface area contributed by atoms with Gasteiger partial charge in [-0.3, -0.25) is 0 Å². The van der Waals surface area contributed by atoms with E-state index in [1.165, 1.54) is 23.1 Å². The molecule has 0 aliphatic carbocycles. The van der Waals surface area contributed by atoms with Crippen molar-refractivity contribution in [3.8, 4) is 0 Å². The third-order valence-electron chi connectivity index (χ3n) is 2.51. The van der Waals surface area contributed by atoms with Gasteiger partial charge in [-0.05, 0) is 17.5 Å². The standard InChI is InChI=1S/C10H9N3O2S2/c14-17(15)4-2-7(5-17)13-9-8-1-3-16-10(8)12-6-11-9/h1-4,6-7H,5H2,(H,11,12,13). The van der Waals surface area contributed by atoms with Gasteiger partial charge in [-0.25, -0.2) is 18.4 Å². The van der Waals surface area contributed by atoms with Gasteiger partial charge in [0.05, 0.1) is 17.2 Å². The lowest BCUT2D eigenvalue weighted by atomic mass is 10.3. The summed E-state index contributed by atoms with van der Waals surface area (Å²) in [7, 11) is -3.04. The number of sulfone groups is 1. The molecule has 1 atom stereocenters. The molecular weight excluding hydrogens is 258 g/mol. The van der Waals surface area contributed by atoms with Gasteiger partial charge in [0.2, 0.25) is 0 Å². The van der Waals surface area contributed by atoms with Crippen LogP contribution in [0.4, 0.5) is 5.82 Å². The lowest BCUT2D eigenvalue weighted by Gasteiger charge is -2.10. The molecule has 3 rings (SSSR count). The first-order valence-electron chi connectivity index (χ1n) is 5.00. The molecule has 0 radical (unpaired) electrons. The summed E-state index contributed by atoms with van der Waals surface area (Å²) in [5, 5.41) is 7.22. The van der Waals surface area contributed by atoms with Crippen molar-refractivity contribution >= 4 is 37.2 Å². The Balaban J connectivity index is 1.91. The van der Waals surface area contributed by atoms with Crippen LogP contribution in [0.3, 0.4) is 0 Å². The van der Waals surface area contributed by atoms with E-state index in [9.17, 15) is 8.42 Å². The van der Waals surface area contributed by atoms with E-state index in [1.54, 1.807) is 6.08 Å². The Bertz CT molecular complexity index is 690. The Kier molecular flexibility index (Phi) is 2.37. The first-order chi connectivity index (χ1) is 8.14. The minimum atomic E-state index is -3.04. The second kappa shape index (κ2) is 3.78. The lowest BCUT2D eigenvalue weighted by molar-refractivity contribution is 0.605. The van der Waals surface area contributed by atoms with Crippen LogP contribution in [0.1, 0.15) is 0 Å². The smallest absolute Gasteiger partial charge is 0.173 e. The molecule has 0 saturated heterocycles. The van der Waals surface area contributed by atoms with Gasteiger partial charge in [-0.15, -0.1) is 11.3 Å². The number of thiophene rings is 1. The Morgan fingerprint density at radius 1 is 1.41 bits per heavy atom. The van der Waals surface area contributed by atoms with Crippen molar-refractivity contribution in [1.82, 2.24) is 9.97 Å². The quantitative estimate of drug-likeness (QED) is 0.890. The van der Waals surface area contributed by atoms with Crippen LogP contribution in [0, 0.1) is 0 Å². The predicted molar refractivity (Wildman–Crippen MR) is 67.8 cm³/mol. The van der Waals surface area contributed by atoms with Crippen LogP contribution in [0.5, 0.6) is 0 Å². The highest BCUT2D eigenvalue weighted by atomic mass is 32.2. The number of nitrogens with one attached hydrogen (secondary N) is 1. The van der Waals surface area contributed by atoms with Gasteiger partial charge in [0.1, 0.15) is 17.0 Å². The molecule has 2 aromatic heterocycles. The van der Waals surface area contributed by atoms with Gasteiger partial charge in [-0.1, -0.05) is 0 Å². The highest BCUT2D eigenvalue weighted by Gasteiger charge is 2.22. The SMILES string of the molecule is O=S1(=O)C=CC(Nc2ncnc3sccc23)C1. The van der Waals surface area contributed by atoms with Crippen molar-refractivity contribution in [1.29, 1.82) is 0 Å². The molecule has 1 N–H and O–H groups in total. The van der Waals surface area contributed by atoms with E-state index in [0.29, 0.717) is 5.82 Å². The van der Waals surface area contributed by atoms with Crippen LogP contribution in [0.25, 0.3) is 10.2 Å². The molecule has 0 saturated carbocycles. The average Bonchev–Trinajstić information content (AvgIpc) is 2.85. The molecule has 3 heterocycles.